The lowest BCUT2D eigenvalue weighted by Crippen LogP contribution is -2.14. The molecule has 0 aliphatic heterocycles. The summed E-state index contributed by atoms with van der Waals surface area (Å²) in [6.45, 7) is 4.17. The van der Waals surface area contributed by atoms with Crippen LogP contribution < -0.4 is 4.74 Å². The molecule has 1 atom stereocenters. The third kappa shape index (κ3) is 4.58. The molecule has 0 spiro atoms. The predicted octanol–water partition coefficient (Wildman–Crippen LogP) is 4.22. The topological polar surface area (TPSA) is 29.5 Å². The minimum atomic E-state index is -0.383. The van der Waals surface area contributed by atoms with Gasteiger partial charge >= 0.3 is 0 Å². The lowest BCUT2D eigenvalue weighted by molar-refractivity contribution is 0.175. The first-order valence-corrected chi connectivity index (χ1v) is 7.85. The first kappa shape index (κ1) is 16.1. The second-order valence-electron chi connectivity index (χ2n) is 5.53. The fourth-order valence-corrected chi connectivity index (χ4v) is 3.23. The van der Waals surface area contributed by atoms with E-state index in [1.54, 1.807) is 7.11 Å². The molecule has 112 valence electrons. The van der Waals surface area contributed by atoms with E-state index in [1.807, 2.05) is 18.2 Å². The maximum Gasteiger partial charge on any atom is 0.133 e. The molecule has 0 aromatic heterocycles. The lowest BCUT2D eigenvalue weighted by Gasteiger charge is -2.13. The molecule has 0 aliphatic carbocycles. The number of aliphatic hydroxyl groups is 1. The number of aryl methyl sites for hydroxylation is 2. The molecule has 0 amide bonds. The van der Waals surface area contributed by atoms with Crippen molar-refractivity contribution in [3.8, 4) is 5.75 Å². The third-order valence-electron chi connectivity index (χ3n) is 3.44. The Balaban J connectivity index is 2.04. The number of aliphatic hydroxyl groups excluding tert-OH is 1. The monoisotopic (exact) mass is 348 g/mol. The number of rotatable bonds is 5. The van der Waals surface area contributed by atoms with Crippen molar-refractivity contribution in [2.75, 3.05) is 7.11 Å². The van der Waals surface area contributed by atoms with Gasteiger partial charge in [0.15, 0.2) is 0 Å². The van der Waals surface area contributed by atoms with Crippen LogP contribution in [0.25, 0.3) is 0 Å². The predicted molar refractivity (Wildman–Crippen MR) is 90.0 cm³/mol. The van der Waals surface area contributed by atoms with Gasteiger partial charge in [-0.2, -0.15) is 0 Å². The molecule has 2 rings (SSSR count). The van der Waals surface area contributed by atoms with Crippen LogP contribution in [0.4, 0.5) is 0 Å². The van der Waals surface area contributed by atoms with Crippen LogP contribution in [0.15, 0.2) is 40.9 Å². The highest BCUT2D eigenvalue weighted by molar-refractivity contribution is 9.10. The first-order valence-electron chi connectivity index (χ1n) is 7.05. The largest absolute Gasteiger partial charge is 0.496 e. The number of ether oxygens (including phenoxy) is 1. The van der Waals surface area contributed by atoms with Gasteiger partial charge in [-0.1, -0.05) is 35.4 Å². The molecule has 3 heteroatoms. The van der Waals surface area contributed by atoms with E-state index in [4.69, 9.17) is 4.74 Å². The second-order valence-corrected chi connectivity index (χ2v) is 6.38. The molecule has 0 aliphatic rings. The number of hydrogen-bond acceptors (Lipinski definition) is 2. The van der Waals surface area contributed by atoms with Gasteiger partial charge in [0.1, 0.15) is 5.75 Å². The maximum atomic E-state index is 10.3. The summed E-state index contributed by atoms with van der Waals surface area (Å²) in [5.41, 5.74) is 4.76. The van der Waals surface area contributed by atoms with Gasteiger partial charge in [0.2, 0.25) is 0 Å². The molecule has 0 radical (unpaired) electrons. The zero-order valence-electron chi connectivity index (χ0n) is 12.7. The van der Waals surface area contributed by atoms with E-state index in [0.717, 1.165) is 15.8 Å². The summed E-state index contributed by atoms with van der Waals surface area (Å²) in [5.74, 6) is 0.808. The molecule has 21 heavy (non-hydrogen) atoms. The Morgan fingerprint density at radius 2 is 1.62 bits per heavy atom. The Bertz CT molecular complexity index is 602. The summed E-state index contributed by atoms with van der Waals surface area (Å²) in [6, 6.07) is 12.3. The van der Waals surface area contributed by atoms with Gasteiger partial charge in [-0.05, 0) is 65.9 Å². The smallest absolute Gasteiger partial charge is 0.133 e. The highest BCUT2D eigenvalue weighted by Gasteiger charge is 2.09. The van der Waals surface area contributed by atoms with Gasteiger partial charge in [-0.15, -0.1) is 0 Å². The second kappa shape index (κ2) is 7.10. The van der Waals surface area contributed by atoms with Crippen molar-refractivity contribution >= 4 is 15.9 Å². The normalized spacial score (nSPS) is 12.2. The van der Waals surface area contributed by atoms with Crippen molar-refractivity contribution in [2.24, 2.45) is 0 Å². The zero-order valence-corrected chi connectivity index (χ0v) is 14.3. The SMILES string of the molecule is COc1ccc(CC(O)Cc2cc(C)cc(C)c2)cc1Br. The van der Waals surface area contributed by atoms with E-state index >= 15 is 0 Å². The van der Waals surface area contributed by atoms with Gasteiger partial charge in [0.05, 0.1) is 17.7 Å². The molecule has 0 saturated carbocycles. The molecule has 1 unspecified atom stereocenters. The minimum absolute atomic E-state index is 0.383. The van der Waals surface area contributed by atoms with E-state index < -0.39 is 0 Å². The molecule has 2 aromatic rings. The summed E-state index contributed by atoms with van der Waals surface area (Å²) in [7, 11) is 1.65. The van der Waals surface area contributed by atoms with Crippen LogP contribution in [0.3, 0.4) is 0 Å². The number of halogens is 1. The molecular weight excluding hydrogens is 328 g/mol. The third-order valence-corrected chi connectivity index (χ3v) is 4.06. The van der Waals surface area contributed by atoms with E-state index in [2.05, 4.69) is 48.0 Å². The zero-order chi connectivity index (χ0) is 15.4. The minimum Gasteiger partial charge on any atom is -0.496 e. The van der Waals surface area contributed by atoms with Gasteiger partial charge in [-0.25, -0.2) is 0 Å². The quantitative estimate of drug-likeness (QED) is 0.876. The molecule has 2 aromatic carbocycles. The fourth-order valence-electron chi connectivity index (χ4n) is 2.64. The molecule has 1 N–H and O–H groups in total. The molecule has 2 nitrogen and oxygen atoms in total. The first-order chi connectivity index (χ1) is 9.97. The Morgan fingerprint density at radius 3 is 2.19 bits per heavy atom. The fraction of sp³-hybridized carbons (Fsp3) is 0.333. The highest BCUT2D eigenvalue weighted by atomic mass is 79.9. The summed E-state index contributed by atoms with van der Waals surface area (Å²) >= 11 is 3.48. The maximum absolute atomic E-state index is 10.3. The lowest BCUT2D eigenvalue weighted by atomic mass is 9.98. The Kier molecular flexibility index (Phi) is 5.43. The van der Waals surface area contributed by atoms with Crippen molar-refractivity contribution in [1.82, 2.24) is 0 Å². The number of benzene rings is 2. The van der Waals surface area contributed by atoms with E-state index in [-0.39, 0.29) is 6.10 Å². The van der Waals surface area contributed by atoms with E-state index in [9.17, 15) is 5.11 Å². The van der Waals surface area contributed by atoms with Crippen LogP contribution in [0, 0.1) is 13.8 Å². The van der Waals surface area contributed by atoms with Gasteiger partial charge in [-0.3, -0.25) is 0 Å². The van der Waals surface area contributed by atoms with Crippen LogP contribution in [0.5, 0.6) is 5.75 Å². The van der Waals surface area contributed by atoms with Gasteiger partial charge in [0, 0.05) is 0 Å². The molecule has 0 bridgehead atoms. The van der Waals surface area contributed by atoms with Crippen molar-refractivity contribution in [3.05, 3.63) is 63.1 Å². The van der Waals surface area contributed by atoms with Crippen molar-refractivity contribution < 1.29 is 9.84 Å². The molecule has 0 fully saturated rings. The summed E-state index contributed by atoms with van der Waals surface area (Å²) < 4.78 is 6.14. The summed E-state index contributed by atoms with van der Waals surface area (Å²) in [6.07, 6.45) is 0.924. The number of hydrogen-bond donors (Lipinski definition) is 1. The van der Waals surface area contributed by atoms with Crippen molar-refractivity contribution in [1.29, 1.82) is 0 Å². The van der Waals surface area contributed by atoms with Crippen LogP contribution in [0.2, 0.25) is 0 Å². The van der Waals surface area contributed by atoms with Gasteiger partial charge in [0.25, 0.3) is 0 Å². The molecular formula is C18H21BrO2. The van der Waals surface area contributed by atoms with Crippen molar-refractivity contribution in [3.63, 3.8) is 0 Å². The molecule has 0 heterocycles. The molecule has 0 saturated heterocycles. The van der Waals surface area contributed by atoms with E-state index in [1.165, 1.54) is 16.7 Å². The van der Waals surface area contributed by atoms with Crippen LogP contribution >= 0.6 is 15.9 Å². The average molecular weight is 349 g/mol. The van der Waals surface area contributed by atoms with Crippen LogP contribution in [-0.4, -0.2) is 18.3 Å². The summed E-state index contributed by atoms with van der Waals surface area (Å²) in [5, 5.41) is 10.3. The Morgan fingerprint density at radius 1 is 1.00 bits per heavy atom. The Labute approximate surface area is 134 Å². The number of methoxy groups -OCH3 is 1. The van der Waals surface area contributed by atoms with Gasteiger partial charge < -0.3 is 9.84 Å². The van der Waals surface area contributed by atoms with Crippen LogP contribution in [-0.2, 0) is 12.8 Å². The summed E-state index contributed by atoms with van der Waals surface area (Å²) in [4.78, 5) is 0. The Hall–Kier alpha value is -1.32. The van der Waals surface area contributed by atoms with Crippen LogP contribution in [0.1, 0.15) is 22.3 Å². The highest BCUT2D eigenvalue weighted by Crippen LogP contribution is 2.26. The standard InChI is InChI=1S/C18H21BrO2/c1-12-6-13(2)8-15(7-12)10-16(20)9-14-4-5-18(21-3)17(19)11-14/h4-8,11,16,20H,9-10H2,1-3H3. The average Bonchev–Trinajstić information content (AvgIpc) is 2.37. The van der Waals surface area contributed by atoms with Crippen molar-refractivity contribution in [2.45, 2.75) is 32.8 Å². The van der Waals surface area contributed by atoms with E-state index in [0.29, 0.717) is 12.8 Å².